The summed E-state index contributed by atoms with van der Waals surface area (Å²) in [5, 5.41) is 6.20. The molecule has 0 aromatic carbocycles. The maximum Gasteiger partial charge on any atom is 0.208 e. The molecule has 0 spiro atoms. The molecule has 0 bridgehead atoms. The summed E-state index contributed by atoms with van der Waals surface area (Å²) in [5.74, 6) is 0.740. The van der Waals surface area contributed by atoms with Gasteiger partial charge < -0.3 is 10.6 Å². The number of sulfonamides is 1. The van der Waals surface area contributed by atoms with Gasteiger partial charge in [0.15, 0.2) is 5.96 Å². The predicted molar refractivity (Wildman–Crippen MR) is 76.4 cm³/mol. The summed E-state index contributed by atoms with van der Waals surface area (Å²) in [4.78, 5) is 4.40. The van der Waals surface area contributed by atoms with Crippen molar-refractivity contribution < 1.29 is 8.42 Å². The van der Waals surface area contributed by atoms with Crippen molar-refractivity contribution in [2.24, 2.45) is 4.99 Å². The van der Waals surface area contributed by atoms with Gasteiger partial charge in [0, 0.05) is 26.2 Å². The molecule has 3 N–H and O–H groups in total. The molecule has 0 amide bonds. The Morgan fingerprint density at radius 1 is 1.11 bits per heavy atom. The van der Waals surface area contributed by atoms with Crippen LogP contribution in [0.4, 0.5) is 0 Å². The van der Waals surface area contributed by atoms with E-state index in [9.17, 15) is 8.42 Å². The first kappa shape index (κ1) is 17.2. The Morgan fingerprint density at radius 2 is 1.83 bits per heavy atom. The van der Waals surface area contributed by atoms with Crippen LogP contribution in [0.25, 0.3) is 0 Å². The smallest absolute Gasteiger partial charge is 0.208 e. The average molecular weight is 278 g/mol. The average Bonchev–Trinajstić information content (AvgIpc) is 2.28. The largest absolute Gasteiger partial charge is 0.357 e. The molecular weight excluding hydrogens is 252 g/mol. The maximum absolute atomic E-state index is 10.9. The summed E-state index contributed by atoms with van der Waals surface area (Å²) >= 11 is 0. The van der Waals surface area contributed by atoms with E-state index >= 15 is 0 Å². The predicted octanol–water partition coefficient (Wildman–Crippen LogP) is 0.281. The van der Waals surface area contributed by atoms with Crippen molar-refractivity contribution in [3.05, 3.63) is 0 Å². The molecule has 0 rings (SSSR count). The minimum absolute atomic E-state index is 0.359. The van der Waals surface area contributed by atoms with Gasteiger partial charge in [0.05, 0.1) is 6.26 Å². The van der Waals surface area contributed by atoms with E-state index in [1.165, 1.54) is 12.8 Å². The SMILES string of the molecule is CCCCCN=C(NCC)NCCNS(C)(=O)=O. The van der Waals surface area contributed by atoms with Crippen molar-refractivity contribution in [2.45, 2.75) is 33.1 Å². The van der Waals surface area contributed by atoms with Crippen molar-refractivity contribution >= 4 is 16.0 Å². The van der Waals surface area contributed by atoms with Crippen molar-refractivity contribution in [1.82, 2.24) is 15.4 Å². The van der Waals surface area contributed by atoms with Crippen LogP contribution in [0.5, 0.6) is 0 Å². The Hall–Kier alpha value is -0.820. The lowest BCUT2D eigenvalue weighted by Crippen LogP contribution is -2.41. The standard InChI is InChI=1S/C11H26N4O2S/c1-4-6-7-8-13-11(12-5-2)14-9-10-15-18(3,16)17/h15H,4-10H2,1-3H3,(H2,12,13,14). The third-order valence-electron chi connectivity index (χ3n) is 2.16. The molecule has 0 atom stereocenters. The van der Waals surface area contributed by atoms with Crippen LogP contribution < -0.4 is 15.4 Å². The topological polar surface area (TPSA) is 82.6 Å². The molecule has 6 nitrogen and oxygen atoms in total. The summed E-state index contributed by atoms with van der Waals surface area (Å²) in [6, 6.07) is 0. The molecule has 18 heavy (non-hydrogen) atoms. The highest BCUT2D eigenvalue weighted by Crippen LogP contribution is 1.93. The fourth-order valence-corrected chi connectivity index (χ4v) is 1.78. The van der Waals surface area contributed by atoms with Crippen molar-refractivity contribution in [2.75, 3.05) is 32.4 Å². The van der Waals surface area contributed by atoms with Gasteiger partial charge in [-0.15, -0.1) is 0 Å². The van der Waals surface area contributed by atoms with Gasteiger partial charge in [-0.3, -0.25) is 4.99 Å². The zero-order valence-corrected chi connectivity index (χ0v) is 12.4. The molecule has 7 heteroatoms. The number of hydrogen-bond acceptors (Lipinski definition) is 3. The number of rotatable bonds is 9. The van der Waals surface area contributed by atoms with Gasteiger partial charge in [-0.2, -0.15) is 0 Å². The van der Waals surface area contributed by atoms with E-state index in [0.717, 1.165) is 31.7 Å². The molecule has 0 saturated heterocycles. The molecule has 0 heterocycles. The van der Waals surface area contributed by atoms with E-state index in [1.807, 2.05) is 6.92 Å². The first-order valence-electron chi connectivity index (χ1n) is 6.46. The van der Waals surface area contributed by atoms with Crippen LogP contribution in [0.15, 0.2) is 4.99 Å². The summed E-state index contributed by atoms with van der Waals surface area (Å²) in [5.41, 5.74) is 0. The third-order valence-corrected chi connectivity index (χ3v) is 2.89. The van der Waals surface area contributed by atoms with Crippen LogP contribution in [0.1, 0.15) is 33.1 Å². The Kier molecular flexibility index (Phi) is 9.67. The fourth-order valence-electron chi connectivity index (χ4n) is 1.31. The van der Waals surface area contributed by atoms with Gasteiger partial charge in [0.2, 0.25) is 10.0 Å². The Labute approximate surface area is 111 Å². The molecule has 0 radical (unpaired) electrons. The number of nitrogens with zero attached hydrogens (tertiary/aromatic N) is 1. The highest BCUT2D eigenvalue weighted by molar-refractivity contribution is 7.88. The van der Waals surface area contributed by atoms with Crippen LogP contribution in [-0.4, -0.2) is 46.8 Å². The zero-order valence-electron chi connectivity index (χ0n) is 11.6. The molecule has 0 saturated carbocycles. The monoisotopic (exact) mass is 278 g/mol. The van der Waals surface area contributed by atoms with E-state index < -0.39 is 10.0 Å². The van der Waals surface area contributed by atoms with Crippen LogP contribution in [0.3, 0.4) is 0 Å². The summed E-state index contributed by atoms with van der Waals surface area (Å²) in [6.07, 6.45) is 4.59. The second-order valence-corrected chi connectivity index (χ2v) is 5.89. The lowest BCUT2D eigenvalue weighted by Gasteiger charge is -2.11. The van der Waals surface area contributed by atoms with Gasteiger partial charge in [-0.05, 0) is 13.3 Å². The molecule has 108 valence electrons. The highest BCUT2D eigenvalue weighted by atomic mass is 32.2. The van der Waals surface area contributed by atoms with Gasteiger partial charge in [-0.1, -0.05) is 19.8 Å². The second-order valence-electron chi connectivity index (χ2n) is 4.06. The van der Waals surface area contributed by atoms with Crippen LogP contribution >= 0.6 is 0 Å². The maximum atomic E-state index is 10.9. The van der Waals surface area contributed by atoms with Gasteiger partial charge in [-0.25, -0.2) is 13.1 Å². The molecule has 0 aliphatic heterocycles. The molecule has 0 aliphatic rings. The van der Waals surface area contributed by atoms with E-state index in [1.54, 1.807) is 0 Å². The molecule has 0 fully saturated rings. The Morgan fingerprint density at radius 3 is 2.39 bits per heavy atom. The van der Waals surface area contributed by atoms with Crippen LogP contribution in [0, 0.1) is 0 Å². The van der Waals surface area contributed by atoms with Crippen LogP contribution in [0.2, 0.25) is 0 Å². The van der Waals surface area contributed by atoms with Crippen LogP contribution in [-0.2, 0) is 10.0 Å². The minimum Gasteiger partial charge on any atom is -0.357 e. The third kappa shape index (κ3) is 11.7. The Balaban J connectivity index is 3.88. The summed E-state index contributed by atoms with van der Waals surface area (Å²) in [7, 11) is -3.11. The van der Waals surface area contributed by atoms with E-state index in [0.29, 0.717) is 13.1 Å². The number of guanidine groups is 1. The lowest BCUT2D eigenvalue weighted by molar-refractivity contribution is 0.586. The minimum atomic E-state index is -3.11. The van der Waals surface area contributed by atoms with Crippen molar-refractivity contribution in [1.29, 1.82) is 0 Å². The van der Waals surface area contributed by atoms with E-state index in [-0.39, 0.29) is 0 Å². The van der Waals surface area contributed by atoms with Crippen molar-refractivity contribution in [3.8, 4) is 0 Å². The fraction of sp³-hybridized carbons (Fsp3) is 0.909. The highest BCUT2D eigenvalue weighted by Gasteiger charge is 2.00. The number of hydrogen-bond donors (Lipinski definition) is 3. The first-order valence-corrected chi connectivity index (χ1v) is 8.35. The van der Waals surface area contributed by atoms with E-state index in [2.05, 4.69) is 27.3 Å². The molecule has 0 unspecified atom stereocenters. The zero-order chi connectivity index (χ0) is 13.9. The lowest BCUT2D eigenvalue weighted by atomic mass is 10.2. The quantitative estimate of drug-likeness (QED) is 0.321. The van der Waals surface area contributed by atoms with Crippen molar-refractivity contribution in [3.63, 3.8) is 0 Å². The summed E-state index contributed by atoms with van der Waals surface area (Å²) < 4.78 is 24.1. The number of unbranched alkanes of at least 4 members (excludes halogenated alkanes) is 2. The molecular formula is C11H26N4O2S. The normalized spacial score (nSPS) is 12.5. The second kappa shape index (κ2) is 10.1. The number of aliphatic imine (C=N–C) groups is 1. The van der Waals surface area contributed by atoms with E-state index in [4.69, 9.17) is 0 Å². The molecule has 0 aromatic heterocycles. The molecule has 0 aliphatic carbocycles. The first-order chi connectivity index (χ1) is 8.49. The summed E-state index contributed by atoms with van der Waals surface area (Å²) in [6.45, 7) is 6.62. The van der Waals surface area contributed by atoms with Gasteiger partial charge >= 0.3 is 0 Å². The van der Waals surface area contributed by atoms with Gasteiger partial charge in [0.25, 0.3) is 0 Å². The molecule has 0 aromatic rings. The number of nitrogens with one attached hydrogen (secondary N) is 3. The van der Waals surface area contributed by atoms with Gasteiger partial charge in [0.1, 0.15) is 0 Å². The Bertz CT molecular complexity index is 328.